The van der Waals surface area contributed by atoms with E-state index in [1.54, 1.807) is 0 Å². The fraction of sp³-hybridized carbons (Fsp3) is 0.833. The number of hydrogen-bond acceptors (Lipinski definition) is 5. The first-order valence-corrected chi connectivity index (χ1v) is 8.99. The fourth-order valence-corrected chi connectivity index (χ4v) is 3.31. The smallest absolute Gasteiger partial charge is 0.210 e. The summed E-state index contributed by atoms with van der Waals surface area (Å²) in [7, 11) is 0. The zero-order chi connectivity index (χ0) is 16.8. The molecule has 1 heterocycles. The summed E-state index contributed by atoms with van der Waals surface area (Å²) in [6, 6.07) is -0.261. The first-order chi connectivity index (χ1) is 11.1. The molecule has 1 unspecified atom stereocenters. The molecule has 0 saturated heterocycles. The minimum Gasteiger partial charge on any atom is -0.480 e. The van der Waals surface area contributed by atoms with Gasteiger partial charge in [-0.1, -0.05) is 20.3 Å². The molecule has 0 bridgehead atoms. The number of carbonyl (C=O) groups excluding carboxylic acids is 1. The molecule has 2 rings (SSSR count). The Bertz CT molecular complexity index is 471. The third-order valence-electron chi connectivity index (χ3n) is 4.47. The van der Waals surface area contributed by atoms with E-state index in [0.717, 1.165) is 19.3 Å². The highest BCUT2D eigenvalue weighted by atomic mass is 16.5. The van der Waals surface area contributed by atoms with Gasteiger partial charge in [0, 0.05) is 12.8 Å². The summed E-state index contributed by atoms with van der Waals surface area (Å²) in [6.45, 7) is 9.30. The number of rotatable bonds is 4. The fourth-order valence-electron chi connectivity index (χ4n) is 3.31. The van der Waals surface area contributed by atoms with Crippen molar-refractivity contribution in [2.45, 2.75) is 71.9 Å². The van der Waals surface area contributed by atoms with Crippen molar-refractivity contribution in [1.29, 1.82) is 0 Å². The zero-order valence-electron chi connectivity index (χ0n) is 14.9. The van der Waals surface area contributed by atoms with E-state index in [2.05, 4.69) is 13.8 Å². The predicted octanol–water partition coefficient (Wildman–Crippen LogP) is 3.41. The van der Waals surface area contributed by atoms with Crippen LogP contribution in [0.15, 0.2) is 9.98 Å². The molecular weight excluding hydrogens is 292 g/mol. The molecule has 1 saturated carbocycles. The van der Waals surface area contributed by atoms with Crippen LogP contribution >= 0.6 is 0 Å². The van der Waals surface area contributed by atoms with Crippen molar-refractivity contribution in [1.82, 2.24) is 0 Å². The van der Waals surface area contributed by atoms with Gasteiger partial charge in [-0.15, -0.1) is 0 Å². The Labute approximate surface area is 139 Å². The zero-order valence-corrected chi connectivity index (χ0v) is 14.9. The Morgan fingerprint density at radius 1 is 1.09 bits per heavy atom. The highest BCUT2D eigenvalue weighted by molar-refractivity contribution is 5.94. The molecule has 130 valence electrons. The van der Waals surface area contributed by atoms with E-state index in [9.17, 15) is 4.79 Å². The van der Waals surface area contributed by atoms with Crippen molar-refractivity contribution in [3.05, 3.63) is 0 Å². The minimum atomic E-state index is -0.173. The third-order valence-corrected chi connectivity index (χ3v) is 4.47. The van der Waals surface area contributed by atoms with E-state index in [1.807, 2.05) is 13.8 Å². The monoisotopic (exact) mass is 322 g/mol. The number of ether oxygens (including phenoxy) is 2. The SMILES string of the molecule is CCOC1=N[C@H](C2CCCCC(=O)C2)C(OCC)=N[C@H]1C(C)C. The third kappa shape index (κ3) is 4.55. The van der Waals surface area contributed by atoms with Crippen molar-refractivity contribution in [2.75, 3.05) is 13.2 Å². The molecule has 23 heavy (non-hydrogen) atoms. The van der Waals surface area contributed by atoms with Crippen molar-refractivity contribution in [3.8, 4) is 0 Å². The van der Waals surface area contributed by atoms with Gasteiger partial charge >= 0.3 is 0 Å². The second kappa shape index (κ2) is 8.46. The Balaban J connectivity index is 2.29. The molecule has 1 aliphatic carbocycles. The molecule has 0 spiro atoms. The maximum Gasteiger partial charge on any atom is 0.210 e. The molecule has 1 aliphatic heterocycles. The summed E-state index contributed by atoms with van der Waals surface area (Å²) in [5, 5.41) is 0. The molecule has 0 aromatic rings. The van der Waals surface area contributed by atoms with E-state index < -0.39 is 0 Å². The molecule has 1 fully saturated rings. The predicted molar refractivity (Wildman–Crippen MR) is 92.1 cm³/mol. The van der Waals surface area contributed by atoms with Gasteiger partial charge < -0.3 is 9.47 Å². The van der Waals surface area contributed by atoms with Crippen LogP contribution in [0, 0.1) is 11.8 Å². The van der Waals surface area contributed by atoms with Crippen LogP contribution in [0.3, 0.4) is 0 Å². The molecule has 0 amide bonds. The molecule has 3 atom stereocenters. The Morgan fingerprint density at radius 2 is 1.78 bits per heavy atom. The first-order valence-electron chi connectivity index (χ1n) is 8.99. The lowest BCUT2D eigenvalue weighted by Crippen LogP contribution is -2.41. The van der Waals surface area contributed by atoms with Crippen LogP contribution in [0.4, 0.5) is 0 Å². The van der Waals surface area contributed by atoms with Gasteiger partial charge in [-0.05, 0) is 38.5 Å². The number of aliphatic imine (C=N–C) groups is 2. The number of ketones is 1. The standard InChI is InChI=1S/C18H30N2O3/c1-5-22-17-15(12(3)4)19-18(23-6-2)16(20-17)13-9-7-8-10-14(21)11-13/h12-13,15-16H,5-11H2,1-4H3/t13?,15-,16+/m0/s1. The molecule has 0 N–H and O–H groups in total. The molecule has 2 aliphatic rings. The Hall–Kier alpha value is -1.39. The summed E-state index contributed by atoms with van der Waals surface area (Å²) < 4.78 is 11.6. The summed E-state index contributed by atoms with van der Waals surface area (Å²) >= 11 is 0. The van der Waals surface area contributed by atoms with Crippen LogP contribution in [0.5, 0.6) is 0 Å². The summed E-state index contributed by atoms with van der Waals surface area (Å²) in [5.74, 6) is 2.20. The average Bonchev–Trinajstić information content (AvgIpc) is 2.73. The second-order valence-electron chi connectivity index (χ2n) is 6.68. The quantitative estimate of drug-likeness (QED) is 0.745. The molecule has 0 aromatic heterocycles. The topological polar surface area (TPSA) is 60.2 Å². The normalized spacial score (nSPS) is 28.9. The molecular formula is C18H30N2O3. The van der Waals surface area contributed by atoms with Crippen molar-refractivity contribution >= 4 is 17.6 Å². The van der Waals surface area contributed by atoms with E-state index in [4.69, 9.17) is 19.5 Å². The lowest BCUT2D eigenvalue weighted by Gasteiger charge is -2.31. The Kier molecular flexibility index (Phi) is 6.60. The van der Waals surface area contributed by atoms with E-state index in [-0.39, 0.29) is 18.0 Å². The van der Waals surface area contributed by atoms with Gasteiger partial charge in [0.2, 0.25) is 11.8 Å². The van der Waals surface area contributed by atoms with Gasteiger partial charge in [-0.3, -0.25) is 4.79 Å². The van der Waals surface area contributed by atoms with Gasteiger partial charge in [-0.25, -0.2) is 9.98 Å². The average molecular weight is 322 g/mol. The van der Waals surface area contributed by atoms with Gasteiger partial charge in [0.05, 0.1) is 13.2 Å². The number of hydrogen-bond donors (Lipinski definition) is 0. The van der Waals surface area contributed by atoms with E-state index >= 15 is 0 Å². The van der Waals surface area contributed by atoms with Crippen LogP contribution in [0.2, 0.25) is 0 Å². The molecule has 5 heteroatoms. The van der Waals surface area contributed by atoms with E-state index in [0.29, 0.717) is 49.6 Å². The highest BCUT2D eigenvalue weighted by Gasteiger charge is 2.37. The van der Waals surface area contributed by atoms with Crippen molar-refractivity contribution < 1.29 is 14.3 Å². The minimum absolute atomic E-state index is 0.0887. The molecule has 0 radical (unpaired) electrons. The van der Waals surface area contributed by atoms with Crippen LogP contribution in [0.25, 0.3) is 0 Å². The van der Waals surface area contributed by atoms with Gasteiger partial charge in [0.25, 0.3) is 0 Å². The second-order valence-corrected chi connectivity index (χ2v) is 6.68. The highest BCUT2D eigenvalue weighted by Crippen LogP contribution is 2.30. The maximum atomic E-state index is 12.0. The molecule has 0 aromatic carbocycles. The summed E-state index contributed by atoms with van der Waals surface area (Å²) in [6.07, 6.45) is 4.32. The van der Waals surface area contributed by atoms with Crippen molar-refractivity contribution in [2.24, 2.45) is 21.8 Å². The molecule has 5 nitrogen and oxygen atoms in total. The Morgan fingerprint density at radius 3 is 2.43 bits per heavy atom. The van der Waals surface area contributed by atoms with Crippen molar-refractivity contribution in [3.63, 3.8) is 0 Å². The lowest BCUT2D eigenvalue weighted by atomic mass is 9.90. The number of carbonyl (C=O) groups is 1. The summed E-state index contributed by atoms with van der Waals surface area (Å²) in [5.41, 5.74) is 0. The first kappa shape index (κ1) is 18.0. The number of Topliss-reactive ketones (excluding diaryl/α,β-unsaturated/α-hetero) is 1. The van der Waals surface area contributed by atoms with Gasteiger partial charge in [-0.2, -0.15) is 0 Å². The van der Waals surface area contributed by atoms with Gasteiger partial charge in [0.1, 0.15) is 17.9 Å². The number of nitrogens with zero attached hydrogens (tertiary/aromatic N) is 2. The van der Waals surface area contributed by atoms with E-state index in [1.165, 1.54) is 0 Å². The maximum absolute atomic E-state index is 12.0. The van der Waals surface area contributed by atoms with Crippen LogP contribution < -0.4 is 0 Å². The lowest BCUT2D eigenvalue weighted by molar-refractivity contribution is -0.119. The summed E-state index contributed by atoms with van der Waals surface area (Å²) in [4.78, 5) is 21.7. The van der Waals surface area contributed by atoms with Gasteiger partial charge in [0.15, 0.2) is 0 Å². The van der Waals surface area contributed by atoms with Crippen LogP contribution in [-0.4, -0.2) is 42.9 Å². The largest absolute Gasteiger partial charge is 0.480 e. The van der Waals surface area contributed by atoms with Crippen LogP contribution in [0.1, 0.15) is 59.8 Å². The van der Waals surface area contributed by atoms with Crippen LogP contribution in [-0.2, 0) is 14.3 Å².